The summed E-state index contributed by atoms with van der Waals surface area (Å²) in [6.45, 7) is 8.52. The van der Waals surface area contributed by atoms with Crippen LogP contribution in [0.1, 0.15) is 32.8 Å². The van der Waals surface area contributed by atoms with E-state index >= 15 is 0 Å². The normalized spacial score (nSPS) is 17.8. The molecule has 1 aromatic rings. The second kappa shape index (κ2) is 16.4. The molecule has 0 aliphatic carbocycles. The number of carbonyl (C=O) groups is 3. The number of aliphatic carboxylic acids is 3. The Kier molecular flexibility index (Phi) is 13.7. The van der Waals surface area contributed by atoms with Gasteiger partial charge < -0.3 is 30.7 Å². The molecule has 1 saturated heterocycles. The average Bonchev–Trinajstić information content (AvgIpc) is 2.90. The first-order chi connectivity index (χ1) is 18.9. The number of carboxylic acid groups (broad SMARTS) is 3. The van der Waals surface area contributed by atoms with Gasteiger partial charge in [-0.05, 0) is 63.5 Å². The van der Waals surface area contributed by atoms with Gasteiger partial charge >= 0.3 is 17.9 Å². The fourth-order valence-electron chi connectivity index (χ4n) is 4.72. The second-order valence-electron chi connectivity index (χ2n) is 10.5. The minimum absolute atomic E-state index is 0.193. The molecule has 1 aliphatic heterocycles. The van der Waals surface area contributed by atoms with Crippen LogP contribution in [-0.2, 0) is 25.5 Å². The van der Waals surface area contributed by atoms with E-state index in [0.29, 0.717) is 57.4 Å². The largest absolute Gasteiger partial charge is 0.480 e. The van der Waals surface area contributed by atoms with Gasteiger partial charge in [0.15, 0.2) is 5.11 Å². The average molecular weight is 582 g/mol. The maximum absolute atomic E-state index is 11.7. The number of anilines is 1. The highest BCUT2D eigenvalue weighted by Gasteiger charge is 2.28. The van der Waals surface area contributed by atoms with Crippen LogP contribution in [0.15, 0.2) is 24.3 Å². The molecule has 0 aromatic heterocycles. The summed E-state index contributed by atoms with van der Waals surface area (Å²) >= 11 is 5.41. The van der Waals surface area contributed by atoms with E-state index in [1.807, 2.05) is 45.0 Å². The molecule has 224 valence electrons. The summed E-state index contributed by atoms with van der Waals surface area (Å²) < 4.78 is 5.70. The van der Waals surface area contributed by atoms with E-state index in [2.05, 4.69) is 10.6 Å². The predicted molar refractivity (Wildman–Crippen MR) is 156 cm³/mol. The first-order valence-corrected chi connectivity index (χ1v) is 13.9. The molecule has 2 rings (SSSR count). The lowest BCUT2D eigenvalue weighted by atomic mass is 10.0. The van der Waals surface area contributed by atoms with Crippen molar-refractivity contribution in [3.8, 4) is 0 Å². The highest BCUT2D eigenvalue weighted by Crippen LogP contribution is 2.17. The molecule has 1 heterocycles. The Morgan fingerprint density at radius 3 is 2.12 bits per heavy atom. The van der Waals surface area contributed by atoms with Gasteiger partial charge in [0.05, 0.1) is 25.2 Å². The standard InChI is InChI=1S/C27H43N5O7S/c1-4-39-27(2,3)9-10-28-26(40)29-21-7-5-20(6-8-21)15-22-16-31(18-24(35)36)12-11-30(17-23(33)34)13-14-32(22)19-25(37)38/h5-8,22H,4,9-19H2,1-3H3,(H,33,34)(H,35,36)(H,37,38)(H2,28,29,40). The SMILES string of the molecule is CCOC(C)(C)CCNC(=S)Nc1ccc(CC2CN(CC(=O)O)CCN(CC(=O)O)CCN2CC(=O)O)cc1. The lowest BCUT2D eigenvalue weighted by Gasteiger charge is -2.33. The molecule has 0 bridgehead atoms. The topological polar surface area (TPSA) is 155 Å². The molecular weight excluding hydrogens is 538 g/mol. The van der Waals surface area contributed by atoms with Gasteiger partial charge in [-0.1, -0.05) is 12.1 Å². The highest BCUT2D eigenvalue weighted by molar-refractivity contribution is 7.80. The number of hydrogen-bond donors (Lipinski definition) is 5. The van der Waals surface area contributed by atoms with Gasteiger partial charge in [-0.3, -0.25) is 29.1 Å². The number of thiocarbonyl (C=S) groups is 1. The number of ether oxygens (including phenoxy) is 1. The monoisotopic (exact) mass is 581 g/mol. The first kappa shape index (κ1) is 33.4. The van der Waals surface area contributed by atoms with Crippen molar-refractivity contribution < 1.29 is 34.4 Å². The van der Waals surface area contributed by atoms with Crippen LogP contribution >= 0.6 is 12.2 Å². The van der Waals surface area contributed by atoms with E-state index in [9.17, 15) is 29.7 Å². The third kappa shape index (κ3) is 13.0. The molecular formula is C27H43N5O7S. The van der Waals surface area contributed by atoms with Gasteiger partial charge in [0.2, 0.25) is 0 Å². The van der Waals surface area contributed by atoms with Crippen LogP contribution in [0.2, 0.25) is 0 Å². The van der Waals surface area contributed by atoms with E-state index in [-0.39, 0.29) is 31.3 Å². The van der Waals surface area contributed by atoms with Gasteiger partial charge in [-0.25, -0.2) is 0 Å². The van der Waals surface area contributed by atoms with E-state index in [0.717, 1.165) is 17.7 Å². The molecule has 40 heavy (non-hydrogen) atoms. The zero-order chi connectivity index (χ0) is 29.7. The Morgan fingerprint density at radius 1 is 0.950 bits per heavy atom. The number of nitrogens with zero attached hydrogens (tertiary/aromatic N) is 3. The van der Waals surface area contributed by atoms with Crippen molar-refractivity contribution in [3.05, 3.63) is 29.8 Å². The Labute approximate surface area is 241 Å². The summed E-state index contributed by atoms with van der Waals surface area (Å²) in [5.41, 5.74) is 1.53. The smallest absolute Gasteiger partial charge is 0.317 e. The summed E-state index contributed by atoms with van der Waals surface area (Å²) in [5, 5.41) is 35.1. The number of benzene rings is 1. The van der Waals surface area contributed by atoms with Gasteiger partial charge in [0.1, 0.15) is 0 Å². The molecule has 1 aromatic carbocycles. The number of carboxylic acids is 3. The maximum atomic E-state index is 11.7. The van der Waals surface area contributed by atoms with Crippen molar-refractivity contribution in [2.75, 3.05) is 70.8 Å². The lowest BCUT2D eigenvalue weighted by molar-refractivity contribution is -0.140. The van der Waals surface area contributed by atoms with Gasteiger partial charge in [-0.2, -0.15) is 0 Å². The van der Waals surface area contributed by atoms with E-state index in [1.165, 1.54) is 0 Å². The van der Waals surface area contributed by atoms with Crippen LogP contribution in [0.5, 0.6) is 0 Å². The molecule has 1 atom stereocenters. The number of nitrogens with one attached hydrogen (secondary N) is 2. The van der Waals surface area contributed by atoms with Gasteiger partial charge in [-0.15, -0.1) is 0 Å². The summed E-state index contributed by atoms with van der Waals surface area (Å²) in [4.78, 5) is 39.8. The second-order valence-corrected chi connectivity index (χ2v) is 10.9. The Morgan fingerprint density at radius 2 is 1.52 bits per heavy atom. The summed E-state index contributed by atoms with van der Waals surface area (Å²) in [5.74, 6) is -2.97. The summed E-state index contributed by atoms with van der Waals surface area (Å²) in [6.07, 6.45) is 1.29. The molecule has 0 amide bonds. The van der Waals surface area contributed by atoms with Gasteiger partial charge in [0, 0.05) is 57.6 Å². The van der Waals surface area contributed by atoms with Crippen molar-refractivity contribution in [1.82, 2.24) is 20.0 Å². The fourth-order valence-corrected chi connectivity index (χ4v) is 4.94. The van der Waals surface area contributed by atoms with Gasteiger partial charge in [0.25, 0.3) is 0 Å². The molecule has 1 fully saturated rings. The molecule has 1 unspecified atom stereocenters. The van der Waals surface area contributed by atoms with Crippen molar-refractivity contribution >= 4 is 40.9 Å². The maximum Gasteiger partial charge on any atom is 0.317 e. The first-order valence-electron chi connectivity index (χ1n) is 13.5. The molecule has 0 radical (unpaired) electrons. The Balaban J connectivity index is 2.09. The van der Waals surface area contributed by atoms with Crippen LogP contribution in [0, 0.1) is 0 Å². The van der Waals surface area contributed by atoms with Crippen molar-refractivity contribution in [1.29, 1.82) is 0 Å². The number of hydrogen-bond acceptors (Lipinski definition) is 8. The van der Waals surface area contributed by atoms with Crippen LogP contribution in [-0.4, -0.2) is 130 Å². The van der Waals surface area contributed by atoms with E-state index in [1.54, 1.807) is 14.7 Å². The Hall–Kier alpha value is -2.84. The molecule has 0 spiro atoms. The predicted octanol–water partition coefficient (Wildman–Crippen LogP) is 1.26. The third-order valence-corrected chi connectivity index (χ3v) is 6.95. The molecule has 5 N–H and O–H groups in total. The molecule has 1 aliphatic rings. The van der Waals surface area contributed by atoms with Crippen LogP contribution in [0.3, 0.4) is 0 Å². The summed E-state index contributed by atoms with van der Waals surface area (Å²) in [6, 6.07) is 7.39. The third-order valence-electron chi connectivity index (χ3n) is 6.71. The quantitative estimate of drug-likeness (QED) is 0.200. The van der Waals surface area contributed by atoms with E-state index < -0.39 is 17.9 Å². The molecule has 0 saturated carbocycles. The minimum Gasteiger partial charge on any atom is -0.480 e. The van der Waals surface area contributed by atoms with E-state index in [4.69, 9.17) is 17.0 Å². The zero-order valence-corrected chi connectivity index (χ0v) is 24.4. The summed E-state index contributed by atoms with van der Waals surface area (Å²) in [7, 11) is 0. The van der Waals surface area contributed by atoms with Crippen molar-refractivity contribution in [3.63, 3.8) is 0 Å². The lowest BCUT2D eigenvalue weighted by Crippen LogP contribution is -2.49. The molecule has 12 nitrogen and oxygen atoms in total. The highest BCUT2D eigenvalue weighted by atomic mass is 32.1. The van der Waals surface area contributed by atoms with Crippen LogP contribution in [0.4, 0.5) is 5.69 Å². The van der Waals surface area contributed by atoms with Crippen molar-refractivity contribution in [2.24, 2.45) is 0 Å². The molecule has 13 heteroatoms. The zero-order valence-electron chi connectivity index (χ0n) is 23.6. The minimum atomic E-state index is -0.996. The Bertz CT molecular complexity index is 992. The van der Waals surface area contributed by atoms with Crippen LogP contribution in [0.25, 0.3) is 0 Å². The van der Waals surface area contributed by atoms with Crippen LogP contribution < -0.4 is 10.6 Å². The number of rotatable bonds is 14. The van der Waals surface area contributed by atoms with Crippen molar-refractivity contribution in [2.45, 2.75) is 45.3 Å². The fraction of sp³-hybridized carbons (Fsp3) is 0.630.